The molecule has 0 aliphatic carbocycles. The van der Waals surface area contributed by atoms with Crippen molar-refractivity contribution < 1.29 is 9.53 Å². The second-order valence-electron chi connectivity index (χ2n) is 6.07. The molecule has 0 fully saturated rings. The van der Waals surface area contributed by atoms with Gasteiger partial charge in [-0.25, -0.2) is 4.98 Å². The standard InChI is InChI=1S/C19H22N4O2/c1-12(13(2)20)18(24)22-19-21-14-8-4-5-9-15(14)23(19)16-10-6-7-11-17(16)25-3/h4-13H,20H2,1-3H3,(H,21,22,24). The van der Waals surface area contributed by atoms with Crippen LogP contribution in [0.15, 0.2) is 48.5 Å². The number of benzene rings is 2. The number of rotatable bonds is 5. The number of amides is 1. The summed E-state index contributed by atoms with van der Waals surface area (Å²) in [5.41, 5.74) is 8.33. The van der Waals surface area contributed by atoms with Crippen LogP contribution in [0, 0.1) is 5.92 Å². The van der Waals surface area contributed by atoms with Gasteiger partial charge in [0, 0.05) is 6.04 Å². The van der Waals surface area contributed by atoms with Crippen LogP contribution in [-0.2, 0) is 4.79 Å². The Morgan fingerprint density at radius 3 is 2.56 bits per heavy atom. The van der Waals surface area contributed by atoms with Crippen LogP contribution in [0.5, 0.6) is 5.75 Å². The lowest BCUT2D eigenvalue weighted by Gasteiger charge is -2.17. The van der Waals surface area contributed by atoms with Gasteiger partial charge >= 0.3 is 0 Å². The molecule has 0 bridgehead atoms. The van der Waals surface area contributed by atoms with E-state index < -0.39 is 0 Å². The van der Waals surface area contributed by atoms with E-state index in [0.717, 1.165) is 16.7 Å². The van der Waals surface area contributed by atoms with Gasteiger partial charge < -0.3 is 10.5 Å². The van der Waals surface area contributed by atoms with Gasteiger partial charge in [-0.2, -0.15) is 0 Å². The first-order valence-electron chi connectivity index (χ1n) is 8.20. The van der Waals surface area contributed by atoms with E-state index in [1.165, 1.54) is 0 Å². The first-order valence-corrected chi connectivity index (χ1v) is 8.20. The van der Waals surface area contributed by atoms with Gasteiger partial charge in [0.1, 0.15) is 5.75 Å². The highest BCUT2D eigenvalue weighted by molar-refractivity contribution is 5.94. The number of methoxy groups -OCH3 is 1. The highest BCUT2D eigenvalue weighted by Crippen LogP contribution is 2.30. The number of carbonyl (C=O) groups excluding carboxylic acids is 1. The minimum Gasteiger partial charge on any atom is -0.495 e. The first kappa shape index (κ1) is 17.0. The third-order valence-electron chi connectivity index (χ3n) is 4.32. The maximum absolute atomic E-state index is 12.5. The summed E-state index contributed by atoms with van der Waals surface area (Å²) in [6.45, 7) is 3.61. The number of aromatic nitrogens is 2. The molecule has 25 heavy (non-hydrogen) atoms. The molecule has 3 aromatic rings. The molecule has 2 aromatic carbocycles. The molecular weight excluding hydrogens is 316 g/mol. The third kappa shape index (κ3) is 3.21. The Bertz CT molecular complexity index is 901. The molecule has 1 heterocycles. The number of fused-ring (bicyclic) bond motifs is 1. The fourth-order valence-corrected chi connectivity index (χ4v) is 2.63. The minimum absolute atomic E-state index is 0.165. The fraction of sp³-hybridized carbons (Fsp3) is 0.263. The molecule has 2 atom stereocenters. The van der Waals surface area contributed by atoms with Crippen LogP contribution in [0.2, 0.25) is 0 Å². The van der Waals surface area contributed by atoms with E-state index in [0.29, 0.717) is 11.7 Å². The SMILES string of the molecule is COc1ccccc1-n1c(NC(=O)C(C)C(C)N)nc2ccccc21. The number of nitrogens with two attached hydrogens (primary N) is 1. The van der Waals surface area contributed by atoms with Gasteiger partial charge in [-0.3, -0.25) is 14.7 Å². The number of ether oxygens (including phenoxy) is 1. The molecule has 6 heteroatoms. The van der Waals surface area contributed by atoms with Crippen LogP contribution >= 0.6 is 0 Å². The van der Waals surface area contributed by atoms with Crippen LogP contribution in [0.4, 0.5) is 5.95 Å². The predicted molar refractivity (Wildman–Crippen MR) is 99.1 cm³/mol. The molecule has 1 amide bonds. The second-order valence-corrected chi connectivity index (χ2v) is 6.07. The third-order valence-corrected chi connectivity index (χ3v) is 4.32. The lowest BCUT2D eigenvalue weighted by atomic mass is 10.0. The topological polar surface area (TPSA) is 82.2 Å². The average Bonchev–Trinajstić information content (AvgIpc) is 2.98. The van der Waals surface area contributed by atoms with Gasteiger partial charge in [-0.15, -0.1) is 0 Å². The van der Waals surface area contributed by atoms with Gasteiger partial charge in [-0.1, -0.05) is 31.2 Å². The van der Waals surface area contributed by atoms with Crippen LogP contribution in [0.25, 0.3) is 16.7 Å². The van der Waals surface area contributed by atoms with E-state index in [-0.39, 0.29) is 17.9 Å². The van der Waals surface area contributed by atoms with Gasteiger partial charge in [0.25, 0.3) is 0 Å². The van der Waals surface area contributed by atoms with Crippen molar-refractivity contribution in [3.05, 3.63) is 48.5 Å². The molecule has 0 saturated carbocycles. The van der Waals surface area contributed by atoms with Crippen molar-refractivity contribution in [1.82, 2.24) is 9.55 Å². The van der Waals surface area contributed by atoms with Crippen LogP contribution in [-0.4, -0.2) is 28.6 Å². The Hall–Kier alpha value is -2.86. The number of hydrogen-bond donors (Lipinski definition) is 2. The molecule has 3 N–H and O–H groups in total. The summed E-state index contributed by atoms with van der Waals surface area (Å²) < 4.78 is 7.37. The Kier molecular flexibility index (Phi) is 4.72. The molecule has 3 rings (SSSR count). The molecule has 0 saturated heterocycles. The van der Waals surface area contributed by atoms with Crippen molar-refractivity contribution in [3.63, 3.8) is 0 Å². The van der Waals surface area contributed by atoms with Crippen molar-refractivity contribution in [3.8, 4) is 11.4 Å². The predicted octanol–water partition coefficient (Wildman–Crippen LogP) is 2.96. The smallest absolute Gasteiger partial charge is 0.231 e. The number of carbonyl (C=O) groups is 1. The number of para-hydroxylation sites is 4. The average molecular weight is 338 g/mol. The molecule has 130 valence electrons. The number of hydrogen-bond acceptors (Lipinski definition) is 4. The lowest BCUT2D eigenvalue weighted by Crippen LogP contribution is -2.34. The van der Waals surface area contributed by atoms with Crippen LogP contribution in [0.3, 0.4) is 0 Å². The summed E-state index contributed by atoms with van der Waals surface area (Å²) in [5, 5.41) is 2.91. The zero-order valence-corrected chi connectivity index (χ0v) is 14.6. The van der Waals surface area contributed by atoms with Crippen molar-refractivity contribution in [1.29, 1.82) is 0 Å². The number of nitrogens with zero attached hydrogens (tertiary/aromatic N) is 2. The maximum Gasteiger partial charge on any atom is 0.231 e. The van der Waals surface area contributed by atoms with E-state index >= 15 is 0 Å². The summed E-state index contributed by atoms with van der Waals surface area (Å²) in [5.74, 6) is 0.650. The molecule has 0 aliphatic rings. The van der Waals surface area contributed by atoms with E-state index in [1.54, 1.807) is 14.0 Å². The Morgan fingerprint density at radius 1 is 1.16 bits per heavy atom. The molecular formula is C19H22N4O2. The highest BCUT2D eigenvalue weighted by Gasteiger charge is 2.21. The van der Waals surface area contributed by atoms with Gasteiger partial charge in [0.05, 0.1) is 29.7 Å². The van der Waals surface area contributed by atoms with Crippen LogP contribution in [0.1, 0.15) is 13.8 Å². The summed E-state index contributed by atoms with van der Waals surface area (Å²) >= 11 is 0. The normalized spacial score (nSPS) is 13.4. The minimum atomic E-state index is -0.328. The van der Waals surface area contributed by atoms with Crippen molar-refractivity contribution in [2.45, 2.75) is 19.9 Å². The highest BCUT2D eigenvalue weighted by atomic mass is 16.5. The van der Waals surface area contributed by atoms with E-state index in [9.17, 15) is 4.79 Å². The van der Waals surface area contributed by atoms with Crippen molar-refractivity contribution >= 4 is 22.9 Å². The summed E-state index contributed by atoms with van der Waals surface area (Å²) in [6.07, 6.45) is 0. The Balaban J connectivity index is 2.14. The largest absolute Gasteiger partial charge is 0.495 e. The molecule has 6 nitrogen and oxygen atoms in total. The van der Waals surface area contributed by atoms with E-state index in [1.807, 2.05) is 60.0 Å². The number of nitrogens with one attached hydrogen (secondary N) is 1. The number of anilines is 1. The molecule has 2 unspecified atom stereocenters. The van der Waals surface area contributed by atoms with Crippen LogP contribution < -0.4 is 15.8 Å². The quantitative estimate of drug-likeness (QED) is 0.749. The van der Waals surface area contributed by atoms with Crippen molar-refractivity contribution in [2.24, 2.45) is 11.7 Å². The van der Waals surface area contributed by atoms with Gasteiger partial charge in [0.15, 0.2) is 0 Å². The van der Waals surface area contributed by atoms with Crippen molar-refractivity contribution in [2.75, 3.05) is 12.4 Å². The molecule has 0 aliphatic heterocycles. The fourth-order valence-electron chi connectivity index (χ4n) is 2.63. The summed E-state index contributed by atoms with van der Waals surface area (Å²) in [6, 6.07) is 15.1. The lowest BCUT2D eigenvalue weighted by molar-refractivity contribution is -0.119. The molecule has 0 radical (unpaired) electrons. The zero-order chi connectivity index (χ0) is 18.0. The second kappa shape index (κ2) is 6.94. The summed E-state index contributed by atoms with van der Waals surface area (Å²) in [4.78, 5) is 17.1. The summed E-state index contributed by atoms with van der Waals surface area (Å²) in [7, 11) is 1.62. The van der Waals surface area contributed by atoms with E-state index in [2.05, 4.69) is 10.3 Å². The Morgan fingerprint density at radius 2 is 1.84 bits per heavy atom. The van der Waals surface area contributed by atoms with E-state index in [4.69, 9.17) is 10.5 Å². The van der Waals surface area contributed by atoms with Gasteiger partial charge in [0.2, 0.25) is 11.9 Å². The molecule has 0 spiro atoms. The number of imidazole rings is 1. The molecule has 1 aromatic heterocycles. The first-order chi connectivity index (χ1) is 12.0. The van der Waals surface area contributed by atoms with Gasteiger partial charge in [-0.05, 0) is 31.2 Å². The Labute approximate surface area is 146 Å². The monoisotopic (exact) mass is 338 g/mol. The zero-order valence-electron chi connectivity index (χ0n) is 14.6. The maximum atomic E-state index is 12.5.